The van der Waals surface area contributed by atoms with Crippen LogP contribution in [-0.2, 0) is 11.3 Å². The third kappa shape index (κ3) is 5.05. The molecule has 138 valence electrons. The number of carbonyl (C=O) groups is 2. The number of aromatic nitrogens is 3. The molecular formula is C18H23N5O3. The second-order valence-electron chi connectivity index (χ2n) is 6.51. The highest BCUT2D eigenvalue weighted by Gasteiger charge is 2.20. The van der Waals surface area contributed by atoms with Gasteiger partial charge in [-0.3, -0.25) is 4.68 Å². The molecule has 3 rings (SSSR count). The first kappa shape index (κ1) is 17.9. The van der Waals surface area contributed by atoms with Gasteiger partial charge < -0.3 is 15.4 Å². The van der Waals surface area contributed by atoms with Crippen LogP contribution in [-0.4, -0.2) is 38.9 Å². The topological polar surface area (TPSA) is 98.1 Å². The van der Waals surface area contributed by atoms with E-state index in [2.05, 4.69) is 20.7 Å². The van der Waals surface area contributed by atoms with Crippen LogP contribution >= 0.6 is 0 Å². The predicted molar refractivity (Wildman–Crippen MR) is 95.8 cm³/mol. The normalized spacial score (nSPS) is 15.4. The van der Waals surface area contributed by atoms with E-state index in [0.29, 0.717) is 17.8 Å². The van der Waals surface area contributed by atoms with E-state index in [1.54, 1.807) is 35.3 Å². The van der Waals surface area contributed by atoms with Gasteiger partial charge >= 0.3 is 12.0 Å². The highest BCUT2D eigenvalue weighted by Crippen LogP contribution is 2.22. The van der Waals surface area contributed by atoms with Crippen LogP contribution in [0.1, 0.15) is 43.0 Å². The Hall–Kier alpha value is -2.90. The summed E-state index contributed by atoms with van der Waals surface area (Å²) in [5.41, 5.74) is 1.09. The Morgan fingerprint density at radius 1 is 1.27 bits per heavy atom. The summed E-state index contributed by atoms with van der Waals surface area (Å²) in [5.74, 6) is -0.311. The molecule has 8 heteroatoms. The quantitative estimate of drug-likeness (QED) is 0.774. The van der Waals surface area contributed by atoms with Crippen molar-refractivity contribution in [1.82, 2.24) is 20.1 Å². The molecule has 2 aromatic rings. The molecule has 1 saturated carbocycles. The highest BCUT2D eigenvalue weighted by atomic mass is 16.5. The Bertz CT molecular complexity index is 724. The van der Waals surface area contributed by atoms with Crippen molar-refractivity contribution in [3.05, 3.63) is 42.5 Å². The third-order valence-corrected chi connectivity index (χ3v) is 4.26. The van der Waals surface area contributed by atoms with Crippen molar-refractivity contribution in [2.24, 2.45) is 0 Å². The van der Waals surface area contributed by atoms with Crippen molar-refractivity contribution < 1.29 is 14.3 Å². The summed E-state index contributed by atoms with van der Waals surface area (Å²) in [5, 5.41) is 9.57. The van der Waals surface area contributed by atoms with Gasteiger partial charge in [-0.2, -0.15) is 5.10 Å². The van der Waals surface area contributed by atoms with Gasteiger partial charge in [0.2, 0.25) is 0 Å². The lowest BCUT2D eigenvalue weighted by molar-refractivity contribution is 0.0318. The molecule has 1 aliphatic rings. The molecule has 0 spiro atoms. The van der Waals surface area contributed by atoms with E-state index < -0.39 is 0 Å². The lowest BCUT2D eigenvalue weighted by atomic mass is 10.2. The van der Waals surface area contributed by atoms with Crippen molar-refractivity contribution in [2.75, 3.05) is 5.32 Å². The Morgan fingerprint density at radius 2 is 2.00 bits per heavy atom. The molecule has 8 nitrogen and oxygen atoms in total. The molecule has 26 heavy (non-hydrogen) atoms. The van der Waals surface area contributed by atoms with E-state index in [-0.39, 0.29) is 24.1 Å². The van der Waals surface area contributed by atoms with Gasteiger partial charge in [0, 0.05) is 11.7 Å². The first-order valence-electron chi connectivity index (χ1n) is 8.81. The van der Waals surface area contributed by atoms with Gasteiger partial charge in [0.25, 0.3) is 0 Å². The molecule has 0 saturated heterocycles. The maximum absolute atomic E-state index is 12.1. The monoisotopic (exact) mass is 357 g/mol. The SMILES string of the molecule is C[C@@H](Cn1cncn1)NC(=O)Nc1ccc(C(=O)OC2CCCC2)cc1. The van der Waals surface area contributed by atoms with Crippen LogP contribution in [0.5, 0.6) is 0 Å². The number of anilines is 1. The van der Waals surface area contributed by atoms with Crippen molar-refractivity contribution in [3.63, 3.8) is 0 Å². The number of nitrogens with one attached hydrogen (secondary N) is 2. The molecule has 1 heterocycles. The molecule has 1 aromatic heterocycles. The van der Waals surface area contributed by atoms with Gasteiger partial charge in [-0.05, 0) is 56.9 Å². The van der Waals surface area contributed by atoms with Crippen LogP contribution < -0.4 is 10.6 Å². The molecule has 0 radical (unpaired) electrons. The van der Waals surface area contributed by atoms with Crippen molar-refractivity contribution in [3.8, 4) is 0 Å². The van der Waals surface area contributed by atoms with Crippen LogP contribution in [0.2, 0.25) is 0 Å². The van der Waals surface area contributed by atoms with E-state index in [9.17, 15) is 9.59 Å². The molecule has 0 bridgehead atoms. The second kappa shape index (κ2) is 8.46. The summed E-state index contributed by atoms with van der Waals surface area (Å²) >= 11 is 0. The van der Waals surface area contributed by atoms with Crippen LogP contribution in [0.25, 0.3) is 0 Å². The smallest absolute Gasteiger partial charge is 0.338 e. The number of hydrogen-bond acceptors (Lipinski definition) is 5. The van der Waals surface area contributed by atoms with E-state index in [0.717, 1.165) is 25.7 Å². The maximum atomic E-state index is 12.1. The van der Waals surface area contributed by atoms with Crippen LogP contribution in [0, 0.1) is 0 Å². The number of urea groups is 1. The number of rotatable bonds is 6. The summed E-state index contributed by atoms with van der Waals surface area (Å²) in [7, 11) is 0. The Morgan fingerprint density at radius 3 is 2.65 bits per heavy atom. The zero-order valence-electron chi connectivity index (χ0n) is 14.7. The van der Waals surface area contributed by atoms with E-state index in [1.807, 2.05) is 6.92 Å². The summed E-state index contributed by atoms with van der Waals surface area (Å²) in [4.78, 5) is 28.0. The average molecular weight is 357 g/mol. The minimum Gasteiger partial charge on any atom is -0.459 e. The Balaban J connectivity index is 1.47. The predicted octanol–water partition coefficient (Wildman–Crippen LogP) is 2.59. The Kier molecular flexibility index (Phi) is 5.83. The number of benzene rings is 1. The third-order valence-electron chi connectivity index (χ3n) is 4.26. The van der Waals surface area contributed by atoms with Crippen molar-refractivity contribution >= 4 is 17.7 Å². The molecule has 1 fully saturated rings. The van der Waals surface area contributed by atoms with E-state index in [1.165, 1.54) is 6.33 Å². The van der Waals surface area contributed by atoms with Crippen molar-refractivity contribution in [1.29, 1.82) is 0 Å². The molecule has 0 aliphatic heterocycles. The first-order chi connectivity index (χ1) is 12.6. The zero-order valence-corrected chi connectivity index (χ0v) is 14.7. The maximum Gasteiger partial charge on any atom is 0.338 e. The van der Waals surface area contributed by atoms with Gasteiger partial charge in [-0.15, -0.1) is 0 Å². The highest BCUT2D eigenvalue weighted by molar-refractivity contribution is 5.92. The van der Waals surface area contributed by atoms with Gasteiger partial charge in [-0.1, -0.05) is 0 Å². The average Bonchev–Trinajstić information content (AvgIpc) is 3.29. The summed E-state index contributed by atoms with van der Waals surface area (Å²) in [6.45, 7) is 2.41. The lowest BCUT2D eigenvalue weighted by Gasteiger charge is -2.15. The van der Waals surface area contributed by atoms with Crippen LogP contribution in [0.4, 0.5) is 10.5 Å². The fraction of sp³-hybridized carbons (Fsp3) is 0.444. The number of hydrogen-bond donors (Lipinski definition) is 2. The van der Waals surface area contributed by atoms with Gasteiger partial charge in [0.1, 0.15) is 18.8 Å². The van der Waals surface area contributed by atoms with Crippen molar-refractivity contribution in [2.45, 2.75) is 51.3 Å². The summed E-state index contributed by atoms with van der Waals surface area (Å²) in [6.07, 6.45) is 7.20. The molecule has 0 unspecified atom stereocenters. The lowest BCUT2D eigenvalue weighted by Crippen LogP contribution is -2.38. The largest absolute Gasteiger partial charge is 0.459 e. The second-order valence-corrected chi connectivity index (χ2v) is 6.51. The Labute approximate surface area is 151 Å². The minimum atomic E-state index is -0.320. The fourth-order valence-electron chi connectivity index (χ4n) is 2.96. The number of carbonyl (C=O) groups excluding carboxylic acids is 2. The molecule has 2 N–H and O–H groups in total. The minimum absolute atomic E-state index is 0.0394. The van der Waals surface area contributed by atoms with Gasteiger partial charge in [0.15, 0.2) is 0 Å². The molecule has 1 aromatic carbocycles. The zero-order chi connectivity index (χ0) is 18.4. The van der Waals surface area contributed by atoms with Gasteiger partial charge in [-0.25, -0.2) is 14.6 Å². The fourth-order valence-corrected chi connectivity index (χ4v) is 2.96. The number of esters is 1. The molecule has 1 aliphatic carbocycles. The number of amides is 2. The van der Waals surface area contributed by atoms with E-state index in [4.69, 9.17) is 4.74 Å². The summed E-state index contributed by atoms with van der Waals surface area (Å²) < 4.78 is 7.12. The molecule has 2 amide bonds. The summed E-state index contributed by atoms with van der Waals surface area (Å²) in [6, 6.07) is 6.26. The molecule has 1 atom stereocenters. The first-order valence-corrected chi connectivity index (χ1v) is 8.81. The van der Waals surface area contributed by atoms with Crippen LogP contribution in [0.3, 0.4) is 0 Å². The number of nitrogens with zero attached hydrogens (tertiary/aromatic N) is 3. The molecular weight excluding hydrogens is 334 g/mol. The van der Waals surface area contributed by atoms with E-state index >= 15 is 0 Å². The standard InChI is InChI=1S/C18H23N5O3/c1-13(10-23-12-19-11-20-23)21-18(25)22-15-8-6-14(7-9-15)17(24)26-16-4-2-3-5-16/h6-9,11-13,16H,2-5,10H2,1H3,(H2,21,22,25)/t13-/m0/s1. The number of ether oxygens (including phenoxy) is 1. The van der Waals surface area contributed by atoms with Gasteiger partial charge in [0.05, 0.1) is 12.1 Å². The van der Waals surface area contributed by atoms with Crippen LogP contribution in [0.15, 0.2) is 36.9 Å².